The number of aldehydes is 1. The standard InChI is InChI=1S/C97H119N13O33/c1-7-49(5)82(94(138)105-69(43-52-15-20-56(113)21-16-52)91(135)106-70(97(141)142)41-48(3)4)107-93(137)72-12-10-40-110(72)96(140)83(50(6)8-2)108-89(133)66(31-37-79(124)125)101-87(131)64(29-35-77(120)121)102-90(134)68(42-51-13-18-55(112)19-14-51)104-92(136)71-11-9-39-109(71)95(139)67(32-38-80(126)127)103-88(132)65(30-36-78(122)123)100-86(130)63(28-34-76(118)119)99-85(129)62(27-33-75(116)117)98-84(128)53-17-24-59(54(44-53)47-111)81-60-25-22-57(114)45-73(60)143-74-46-58(115)23-26-61(74)81/h13-26,44-50,62-72,82-83,112-114H,7-12,27-43H2,1-6H3,(H,98,128)(H,99,129)(H,100,130)(H,101,131)(H,102,134)(H,103,132)(H,104,136)(H,105,138)(H,106,135)(H,107,137)(H,108,133)(H,116,117)(H,118,119)(H,120,121)(H,122,123)(H,124,125)(H,126,127)(H,141,142)/t49-,50-,62-,63-,64-,65-,66-,67-,68-,69-,70-,71-,72-,82-,83-/m0/s1. The summed E-state index contributed by atoms with van der Waals surface area (Å²) in [5, 5.41) is 127. The SMILES string of the molecule is CC[C@H](C)[C@H](NC(=O)[C@@H]1CCCN1C(=O)[C@@H](NC(=O)[C@H](CCC(=O)O)NC(=O)[C@H](CCC(=O)O)NC(=O)[C@H](Cc1ccc(O)cc1)NC(=O)[C@@H]1CCCN1C(=O)[C@H](CCC(=O)O)NC(=O)[C@H](CCC(=O)O)NC(=O)[C@H](CCC(=O)O)NC(=O)[C@H](CCC(=O)O)NC(=O)c1ccc(-c2c3ccc(=O)cc-3oc3cc(O)ccc23)c(C=O)c1)[C@@H](C)CC)C(=O)N[C@@H](Cc1ccc(O)cc1)C(=O)N[C@@H](CC(C)C)C(=O)O. The molecule has 4 aromatic carbocycles. The highest BCUT2D eigenvalue weighted by Gasteiger charge is 2.45. The predicted octanol–water partition coefficient (Wildman–Crippen LogP) is 2.32. The lowest BCUT2D eigenvalue weighted by molar-refractivity contribution is -0.144. The van der Waals surface area contributed by atoms with Gasteiger partial charge in [-0.2, -0.15) is 0 Å². The number of amides is 13. The highest BCUT2D eigenvalue weighted by molar-refractivity contribution is 6.08. The first-order valence-corrected chi connectivity index (χ1v) is 46.5. The molecule has 770 valence electrons. The second-order valence-corrected chi connectivity index (χ2v) is 35.7. The van der Waals surface area contributed by atoms with Crippen molar-refractivity contribution >= 4 is 136 Å². The van der Waals surface area contributed by atoms with Crippen molar-refractivity contribution in [3.05, 3.63) is 136 Å². The molecular weight excluding hydrogens is 1880 g/mol. The number of nitrogens with zero attached hydrogens (tertiary/aromatic N) is 2. The first-order valence-electron chi connectivity index (χ1n) is 46.5. The molecule has 1 aliphatic carbocycles. The number of benzene rings is 5. The molecule has 0 aromatic heterocycles. The Hall–Kier alpha value is -16.0. The summed E-state index contributed by atoms with van der Waals surface area (Å²) in [6.07, 6.45) is -9.86. The number of likely N-dealkylation sites (tertiary alicyclic amines) is 2. The second-order valence-electron chi connectivity index (χ2n) is 35.7. The molecule has 8 rings (SSSR count). The number of phenolic OH excluding ortho intramolecular Hbond substituents is 3. The van der Waals surface area contributed by atoms with Gasteiger partial charge in [0.25, 0.3) is 5.91 Å². The van der Waals surface area contributed by atoms with Gasteiger partial charge in [-0.1, -0.05) is 84.7 Å². The lowest BCUT2D eigenvalue weighted by atomic mass is 9.90. The van der Waals surface area contributed by atoms with Crippen LogP contribution in [0.5, 0.6) is 17.2 Å². The van der Waals surface area contributed by atoms with Gasteiger partial charge in [-0.25, -0.2) is 4.79 Å². The Balaban J connectivity index is 0.992. The fraction of sp³-hybridized carbons (Fsp3) is 0.464. The molecule has 0 unspecified atom stereocenters. The van der Waals surface area contributed by atoms with Gasteiger partial charge < -0.3 is 124 Å². The van der Waals surface area contributed by atoms with Gasteiger partial charge in [0, 0.05) is 104 Å². The van der Waals surface area contributed by atoms with Crippen molar-refractivity contribution in [1.82, 2.24) is 68.3 Å². The maximum atomic E-state index is 15.1. The molecule has 0 spiro atoms. The van der Waals surface area contributed by atoms with Crippen LogP contribution in [0.25, 0.3) is 33.4 Å². The van der Waals surface area contributed by atoms with Crippen molar-refractivity contribution in [3.8, 4) is 39.7 Å². The number of carboxylic acids is 7. The maximum Gasteiger partial charge on any atom is 0.326 e. The molecule has 3 heterocycles. The third kappa shape index (κ3) is 32.8. The predicted molar refractivity (Wildman–Crippen MR) is 502 cm³/mol. The van der Waals surface area contributed by atoms with Crippen molar-refractivity contribution in [3.63, 3.8) is 0 Å². The first-order chi connectivity index (χ1) is 67.7. The van der Waals surface area contributed by atoms with Crippen molar-refractivity contribution in [2.75, 3.05) is 13.1 Å². The Morgan fingerprint density at radius 1 is 0.392 bits per heavy atom. The number of nitrogens with one attached hydrogen (secondary N) is 11. The Kier molecular flexibility index (Phi) is 41.5. The lowest BCUT2D eigenvalue weighted by Crippen LogP contribution is -2.62. The maximum absolute atomic E-state index is 15.1. The number of aliphatic carboxylic acids is 7. The number of hydrogen-bond donors (Lipinski definition) is 21. The number of hydrogen-bond acceptors (Lipinski definition) is 26. The summed E-state index contributed by atoms with van der Waals surface area (Å²) in [7, 11) is 0. The minimum Gasteiger partial charge on any atom is -0.508 e. The van der Waals surface area contributed by atoms with E-state index >= 15 is 9.59 Å². The number of carbonyl (C=O) groups is 21. The Morgan fingerprint density at radius 3 is 1.20 bits per heavy atom. The average Bonchev–Trinajstić information content (AvgIpc) is 1.36. The number of carboxylic acid groups (broad SMARTS) is 7. The zero-order valence-corrected chi connectivity index (χ0v) is 79.1. The summed E-state index contributed by atoms with van der Waals surface area (Å²) in [6.45, 7) is 9.65. The van der Waals surface area contributed by atoms with Crippen molar-refractivity contribution in [2.45, 2.75) is 255 Å². The van der Waals surface area contributed by atoms with E-state index in [2.05, 4.69) is 58.5 Å². The van der Waals surface area contributed by atoms with Crippen LogP contribution in [0.2, 0.25) is 0 Å². The molecule has 46 nitrogen and oxygen atoms in total. The normalized spacial score (nSPS) is 16.1. The summed E-state index contributed by atoms with van der Waals surface area (Å²) in [4.78, 5) is 303. The fourth-order valence-corrected chi connectivity index (χ4v) is 16.5. The molecule has 4 aliphatic rings. The summed E-state index contributed by atoms with van der Waals surface area (Å²) in [5.74, 6) is -27.4. The third-order valence-electron chi connectivity index (χ3n) is 24.6. The number of carbonyl (C=O) groups excluding carboxylic acids is 14. The third-order valence-corrected chi connectivity index (χ3v) is 24.6. The summed E-state index contributed by atoms with van der Waals surface area (Å²) in [6, 6.07) is -0.114. The van der Waals surface area contributed by atoms with E-state index in [0.717, 1.165) is 11.0 Å². The van der Waals surface area contributed by atoms with E-state index in [1.807, 2.05) is 0 Å². The summed E-state index contributed by atoms with van der Waals surface area (Å²) >= 11 is 0. The molecule has 3 aliphatic heterocycles. The van der Waals surface area contributed by atoms with Gasteiger partial charge in [0.2, 0.25) is 70.9 Å². The van der Waals surface area contributed by atoms with E-state index in [4.69, 9.17) is 4.42 Å². The van der Waals surface area contributed by atoms with E-state index in [1.165, 1.54) is 102 Å². The zero-order valence-electron chi connectivity index (χ0n) is 79.1. The molecule has 15 atom stereocenters. The Labute approximate surface area is 817 Å². The van der Waals surface area contributed by atoms with E-state index < -0.39 is 298 Å². The van der Waals surface area contributed by atoms with Crippen LogP contribution in [0, 0.1) is 17.8 Å². The molecule has 4 aromatic rings. The van der Waals surface area contributed by atoms with E-state index in [0.29, 0.717) is 28.4 Å². The van der Waals surface area contributed by atoms with E-state index in [-0.39, 0.29) is 121 Å². The van der Waals surface area contributed by atoms with Crippen LogP contribution in [0.1, 0.15) is 195 Å². The monoisotopic (exact) mass is 1990 g/mol. The summed E-state index contributed by atoms with van der Waals surface area (Å²) in [5.41, 5.74) is 0.696. The second kappa shape index (κ2) is 52.9. The minimum absolute atomic E-state index is 0.0102. The van der Waals surface area contributed by atoms with Gasteiger partial charge in [-0.3, -0.25) is 101 Å². The molecular formula is C97H119N13O33. The number of aromatic hydroxyl groups is 3. The first kappa shape index (κ1) is 112. The van der Waals surface area contributed by atoms with Crippen molar-refractivity contribution in [2.24, 2.45) is 17.8 Å². The Bertz CT molecular complexity index is 5750. The molecule has 2 fully saturated rings. The largest absolute Gasteiger partial charge is 0.508 e. The zero-order chi connectivity index (χ0) is 105. The van der Waals surface area contributed by atoms with Crippen molar-refractivity contribution < 1.29 is 156 Å². The van der Waals surface area contributed by atoms with Gasteiger partial charge in [-0.15, -0.1) is 0 Å². The van der Waals surface area contributed by atoms with E-state index in [1.54, 1.807) is 41.5 Å². The van der Waals surface area contributed by atoms with Crippen LogP contribution in [0.4, 0.5) is 0 Å². The van der Waals surface area contributed by atoms with Crippen LogP contribution >= 0.6 is 0 Å². The molecule has 21 N–H and O–H groups in total. The van der Waals surface area contributed by atoms with Crippen LogP contribution in [0.15, 0.2) is 112 Å². The highest BCUT2D eigenvalue weighted by atomic mass is 16.4. The van der Waals surface area contributed by atoms with Gasteiger partial charge >= 0.3 is 41.8 Å². The molecule has 143 heavy (non-hydrogen) atoms. The number of phenols is 3. The van der Waals surface area contributed by atoms with E-state index in [9.17, 15) is 147 Å². The van der Waals surface area contributed by atoms with Crippen LogP contribution < -0.4 is 63.9 Å². The average molecular weight is 2000 g/mol. The fourth-order valence-electron chi connectivity index (χ4n) is 16.5. The van der Waals surface area contributed by atoms with Gasteiger partial charge in [0.1, 0.15) is 107 Å². The smallest absolute Gasteiger partial charge is 0.326 e. The van der Waals surface area contributed by atoms with Crippen molar-refractivity contribution in [1.29, 1.82) is 0 Å². The van der Waals surface area contributed by atoms with Crippen LogP contribution in [-0.4, -0.2) is 277 Å². The number of rotatable bonds is 55. The quantitative estimate of drug-likeness (QED) is 0.0192. The molecule has 13 amide bonds. The molecule has 0 radical (unpaired) electrons. The lowest BCUT2D eigenvalue weighted by Gasteiger charge is -2.33. The highest BCUT2D eigenvalue weighted by Crippen LogP contribution is 2.42. The van der Waals surface area contributed by atoms with Gasteiger partial charge in [-0.05, 0) is 166 Å². The molecule has 0 bridgehead atoms. The van der Waals surface area contributed by atoms with Gasteiger partial charge in [0.05, 0.1) is 0 Å². The van der Waals surface area contributed by atoms with Crippen LogP contribution in [-0.2, 0) is 104 Å². The van der Waals surface area contributed by atoms with Crippen LogP contribution in [0.3, 0.4) is 0 Å². The Morgan fingerprint density at radius 2 is 0.769 bits per heavy atom. The molecule has 2 saturated heterocycles. The van der Waals surface area contributed by atoms with Gasteiger partial charge in [0.15, 0.2) is 11.7 Å². The molecule has 46 heteroatoms. The minimum atomic E-state index is -2.07. The molecule has 0 saturated carbocycles. The number of fused-ring (bicyclic) bond motifs is 2. The topological polar surface area (TPSA) is 730 Å². The summed E-state index contributed by atoms with van der Waals surface area (Å²) < 4.78 is 5.91.